The van der Waals surface area contributed by atoms with Gasteiger partial charge in [-0.2, -0.15) is 4.99 Å². The Bertz CT molecular complexity index is 1070. The Morgan fingerprint density at radius 1 is 1.21 bits per heavy atom. The zero-order valence-electron chi connectivity index (χ0n) is 15.8. The van der Waals surface area contributed by atoms with Crippen molar-refractivity contribution >= 4 is 23.2 Å². The second kappa shape index (κ2) is 9.90. The molecular formula is C21H20FN3O3S. The van der Waals surface area contributed by atoms with E-state index in [1.54, 1.807) is 47.5 Å². The SMILES string of the molecule is COCCNC(=O)c1cccc(Cn2ccsc2=NC(=O)c2ccccc2F)c1. The third kappa shape index (κ3) is 5.46. The standard InChI is InChI=1S/C21H20FN3O3S/c1-28-11-9-23-19(26)16-6-4-5-15(13-16)14-25-10-12-29-21(25)24-20(27)17-7-2-3-8-18(17)22/h2-8,10,12-13H,9,11,14H2,1H3,(H,23,26). The fourth-order valence-electron chi connectivity index (χ4n) is 2.67. The molecule has 150 valence electrons. The van der Waals surface area contributed by atoms with Gasteiger partial charge in [-0.25, -0.2) is 4.39 Å². The molecule has 6 nitrogen and oxygen atoms in total. The van der Waals surface area contributed by atoms with Gasteiger partial charge in [0.2, 0.25) is 0 Å². The van der Waals surface area contributed by atoms with Gasteiger partial charge < -0.3 is 14.6 Å². The maximum atomic E-state index is 13.8. The number of benzene rings is 2. The normalized spacial score (nSPS) is 11.4. The third-order valence-corrected chi connectivity index (χ3v) is 4.89. The molecule has 0 aliphatic carbocycles. The molecule has 2 amide bonds. The Morgan fingerprint density at radius 3 is 2.83 bits per heavy atom. The predicted molar refractivity (Wildman–Crippen MR) is 108 cm³/mol. The number of hydrogen-bond acceptors (Lipinski definition) is 4. The highest BCUT2D eigenvalue weighted by Gasteiger charge is 2.11. The first-order valence-corrected chi connectivity index (χ1v) is 9.80. The van der Waals surface area contributed by atoms with E-state index in [-0.39, 0.29) is 11.5 Å². The smallest absolute Gasteiger partial charge is 0.282 e. The molecule has 0 atom stereocenters. The van der Waals surface area contributed by atoms with Crippen LogP contribution in [0.1, 0.15) is 26.3 Å². The van der Waals surface area contributed by atoms with Gasteiger partial charge in [0.1, 0.15) is 5.82 Å². The van der Waals surface area contributed by atoms with Gasteiger partial charge in [-0.05, 0) is 29.8 Å². The molecule has 1 N–H and O–H groups in total. The lowest BCUT2D eigenvalue weighted by atomic mass is 10.1. The number of methoxy groups -OCH3 is 1. The van der Waals surface area contributed by atoms with Crippen LogP contribution in [0.2, 0.25) is 0 Å². The van der Waals surface area contributed by atoms with Crippen LogP contribution >= 0.6 is 11.3 Å². The van der Waals surface area contributed by atoms with E-state index in [2.05, 4.69) is 10.3 Å². The van der Waals surface area contributed by atoms with Crippen molar-refractivity contribution < 1.29 is 18.7 Å². The lowest BCUT2D eigenvalue weighted by Gasteiger charge is -2.07. The number of hydrogen-bond donors (Lipinski definition) is 1. The topological polar surface area (TPSA) is 72.7 Å². The molecule has 3 rings (SSSR count). The van der Waals surface area contributed by atoms with E-state index in [9.17, 15) is 14.0 Å². The van der Waals surface area contributed by atoms with Crippen molar-refractivity contribution in [2.24, 2.45) is 4.99 Å². The fourth-order valence-corrected chi connectivity index (χ4v) is 3.39. The minimum atomic E-state index is -0.634. The zero-order valence-corrected chi connectivity index (χ0v) is 16.6. The van der Waals surface area contributed by atoms with Crippen LogP contribution < -0.4 is 10.1 Å². The molecule has 2 aromatic carbocycles. The van der Waals surface area contributed by atoms with Gasteiger partial charge >= 0.3 is 0 Å². The van der Waals surface area contributed by atoms with Crippen molar-refractivity contribution in [2.75, 3.05) is 20.3 Å². The molecule has 0 bridgehead atoms. The molecule has 0 spiro atoms. The molecule has 0 saturated carbocycles. The van der Waals surface area contributed by atoms with Crippen LogP contribution in [0.5, 0.6) is 0 Å². The highest BCUT2D eigenvalue weighted by atomic mass is 32.1. The van der Waals surface area contributed by atoms with Crippen LogP contribution in [0.15, 0.2) is 65.1 Å². The van der Waals surface area contributed by atoms with Crippen LogP contribution in [0.25, 0.3) is 0 Å². The number of nitrogens with zero attached hydrogens (tertiary/aromatic N) is 2. The third-order valence-electron chi connectivity index (χ3n) is 4.10. The van der Waals surface area contributed by atoms with Crippen LogP contribution in [-0.2, 0) is 11.3 Å². The number of carbonyl (C=O) groups excluding carboxylic acids is 2. The molecule has 1 aromatic heterocycles. The number of thiazole rings is 1. The average Bonchev–Trinajstić information content (AvgIpc) is 3.15. The summed E-state index contributed by atoms with van der Waals surface area (Å²) in [6.45, 7) is 1.29. The maximum absolute atomic E-state index is 13.8. The molecule has 0 aliphatic heterocycles. The molecule has 29 heavy (non-hydrogen) atoms. The molecule has 1 heterocycles. The van der Waals surface area contributed by atoms with Gasteiger partial charge in [-0.3, -0.25) is 9.59 Å². The van der Waals surface area contributed by atoms with Crippen molar-refractivity contribution in [3.05, 3.63) is 87.4 Å². The maximum Gasteiger partial charge on any atom is 0.282 e. The van der Waals surface area contributed by atoms with E-state index in [1.807, 2.05) is 6.07 Å². The van der Waals surface area contributed by atoms with Crippen molar-refractivity contribution in [3.8, 4) is 0 Å². The van der Waals surface area contributed by atoms with Gasteiger partial charge in [0.15, 0.2) is 4.80 Å². The van der Waals surface area contributed by atoms with Crippen molar-refractivity contribution in [2.45, 2.75) is 6.54 Å². The lowest BCUT2D eigenvalue weighted by molar-refractivity contribution is 0.0936. The summed E-state index contributed by atoms with van der Waals surface area (Å²) in [7, 11) is 1.57. The molecule has 0 aliphatic rings. The first-order valence-electron chi connectivity index (χ1n) is 8.92. The fraction of sp³-hybridized carbons (Fsp3) is 0.190. The van der Waals surface area contributed by atoms with Crippen molar-refractivity contribution in [1.82, 2.24) is 9.88 Å². The second-order valence-corrected chi connectivity index (χ2v) is 7.03. The van der Waals surface area contributed by atoms with E-state index in [1.165, 1.54) is 29.5 Å². The zero-order chi connectivity index (χ0) is 20.6. The summed E-state index contributed by atoms with van der Waals surface area (Å²) in [4.78, 5) is 29.1. The first-order chi connectivity index (χ1) is 14.1. The van der Waals surface area contributed by atoms with E-state index < -0.39 is 11.7 Å². The Labute approximate surface area is 171 Å². The number of carbonyl (C=O) groups is 2. The van der Waals surface area contributed by atoms with E-state index in [4.69, 9.17) is 4.74 Å². The van der Waals surface area contributed by atoms with E-state index in [0.717, 1.165) is 5.56 Å². The summed E-state index contributed by atoms with van der Waals surface area (Å²) >= 11 is 1.28. The number of aromatic nitrogens is 1. The highest BCUT2D eigenvalue weighted by molar-refractivity contribution is 7.07. The molecule has 8 heteroatoms. The van der Waals surface area contributed by atoms with Crippen LogP contribution in [0, 0.1) is 5.82 Å². The van der Waals surface area contributed by atoms with E-state index in [0.29, 0.717) is 30.1 Å². The van der Waals surface area contributed by atoms with Crippen LogP contribution in [0.4, 0.5) is 4.39 Å². The highest BCUT2D eigenvalue weighted by Crippen LogP contribution is 2.09. The average molecular weight is 413 g/mol. The number of ether oxygens (including phenoxy) is 1. The minimum absolute atomic E-state index is 0.0674. The number of amides is 2. The molecule has 0 unspecified atom stereocenters. The van der Waals surface area contributed by atoms with Gasteiger partial charge in [0.05, 0.1) is 12.2 Å². The number of rotatable bonds is 7. The molecule has 3 aromatic rings. The Hall–Kier alpha value is -3.10. The molecular weight excluding hydrogens is 393 g/mol. The Morgan fingerprint density at radius 2 is 2.03 bits per heavy atom. The van der Waals surface area contributed by atoms with Crippen LogP contribution in [-0.4, -0.2) is 36.6 Å². The van der Waals surface area contributed by atoms with Crippen molar-refractivity contribution in [3.63, 3.8) is 0 Å². The summed E-state index contributed by atoms with van der Waals surface area (Å²) < 4.78 is 20.5. The predicted octanol–water partition coefficient (Wildman–Crippen LogP) is 2.85. The quantitative estimate of drug-likeness (QED) is 0.606. The number of nitrogens with one attached hydrogen (secondary N) is 1. The minimum Gasteiger partial charge on any atom is -0.383 e. The molecule has 0 fully saturated rings. The number of halogens is 1. The summed E-state index contributed by atoms with van der Waals surface area (Å²) in [5, 5.41) is 4.58. The van der Waals surface area contributed by atoms with E-state index >= 15 is 0 Å². The van der Waals surface area contributed by atoms with Gasteiger partial charge in [0, 0.05) is 37.3 Å². The van der Waals surface area contributed by atoms with Gasteiger partial charge in [-0.15, -0.1) is 11.3 Å². The molecule has 0 radical (unpaired) electrons. The Kier molecular flexibility index (Phi) is 7.04. The van der Waals surface area contributed by atoms with Gasteiger partial charge in [0.25, 0.3) is 11.8 Å². The Balaban J connectivity index is 1.78. The van der Waals surface area contributed by atoms with Gasteiger partial charge in [-0.1, -0.05) is 24.3 Å². The molecule has 0 saturated heterocycles. The summed E-state index contributed by atoms with van der Waals surface area (Å²) in [6, 6.07) is 13.0. The largest absolute Gasteiger partial charge is 0.383 e. The monoisotopic (exact) mass is 413 g/mol. The summed E-state index contributed by atoms with van der Waals surface area (Å²) in [5.41, 5.74) is 1.35. The summed E-state index contributed by atoms with van der Waals surface area (Å²) in [6.07, 6.45) is 1.80. The van der Waals surface area contributed by atoms with Crippen molar-refractivity contribution in [1.29, 1.82) is 0 Å². The van der Waals surface area contributed by atoms with Crippen LogP contribution in [0.3, 0.4) is 0 Å². The second-order valence-electron chi connectivity index (χ2n) is 6.16. The first kappa shape index (κ1) is 20.6. The summed E-state index contributed by atoms with van der Waals surface area (Å²) in [5.74, 6) is -1.42. The lowest BCUT2D eigenvalue weighted by Crippen LogP contribution is -2.27.